The summed E-state index contributed by atoms with van der Waals surface area (Å²) >= 11 is 0. The molecule has 1 aliphatic rings. The molecule has 97 heavy (non-hydrogen) atoms. The van der Waals surface area contributed by atoms with Crippen molar-refractivity contribution < 1.29 is 49.3 Å². The summed E-state index contributed by atoms with van der Waals surface area (Å²) in [5.74, 6) is -0.168. The van der Waals surface area contributed by atoms with E-state index in [2.05, 4.69) is 55.6 Å². The smallest absolute Gasteiger partial charge is 0.305 e. The van der Waals surface area contributed by atoms with Gasteiger partial charge in [0.15, 0.2) is 6.29 Å². The average Bonchev–Trinajstić information content (AvgIpc) is 0.869. The van der Waals surface area contributed by atoms with Gasteiger partial charge in [0, 0.05) is 12.8 Å². The Kier molecular flexibility index (Phi) is 71.4. The molecule has 0 aromatic heterocycles. The normalized spacial score (nSPS) is 17.5. The SMILES string of the molecule is CCCCCCCCC/C=C\CCCCCCCC(=O)OCCCCCCCCCCCCCCCCC/C=C\C/C=C\CCCCCCCCCCCCCCCCCCCC(=O)NC(COC1OC(CO)C(O)C(O)C1O)C(O)/C=C/CCCCCCCCCCCCCC. The standard InChI is InChI=1S/C86H161NO10/c1-3-5-7-9-11-13-15-17-19-46-50-54-58-62-66-70-74-82(91)95-75-71-67-63-59-55-51-47-44-42-40-38-36-34-32-30-28-26-24-22-20-21-23-25-27-29-31-33-35-37-39-41-43-45-49-53-57-61-65-69-73-81(90)87-78(77-96-86-85(94)84(93)83(92)80(76-88)97-86)79(89)72-68-64-60-56-52-48-18-16-14-12-10-8-6-4-2/h19-21,24,26,46,68,72,78-80,83-86,88-89,92-94H,3-18,22-23,25,27-45,47-67,69-71,73-77H2,1-2H3,(H,87,90)/b21-20-,26-24-,46-19-,72-68+. The second kappa shape index (κ2) is 74.8. The Morgan fingerprint density at radius 1 is 0.381 bits per heavy atom. The first-order valence-electron chi connectivity index (χ1n) is 42.4. The fourth-order valence-electron chi connectivity index (χ4n) is 13.5. The minimum absolute atomic E-state index is 0.00780. The van der Waals surface area contributed by atoms with Crippen LogP contribution in [0.5, 0.6) is 0 Å². The Labute approximate surface area is 599 Å². The number of hydrogen-bond acceptors (Lipinski definition) is 10. The van der Waals surface area contributed by atoms with Gasteiger partial charge in [0.25, 0.3) is 0 Å². The number of carbonyl (C=O) groups is 2. The van der Waals surface area contributed by atoms with Gasteiger partial charge in [-0.3, -0.25) is 9.59 Å². The lowest BCUT2D eigenvalue weighted by molar-refractivity contribution is -0.302. The van der Waals surface area contributed by atoms with Gasteiger partial charge in [-0.05, 0) is 89.9 Å². The van der Waals surface area contributed by atoms with Crippen LogP contribution in [0.4, 0.5) is 0 Å². The van der Waals surface area contributed by atoms with E-state index in [1.54, 1.807) is 6.08 Å². The second-order valence-corrected chi connectivity index (χ2v) is 29.5. The van der Waals surface area contributed by atoms with Crippen LogP contribution in [0, 0.1) is 0 Å². The summed E-state index contributed by atoms with van der Waals surface area (Å²) in [6, 6.07) is -0.808. The number of allylic oxidation sites excluding steroid dienone is 7. The van der Waals surface area contributed by atoms with Crippen LogP contribution in [0.3, 0.4) is 0 Å². The van der Waals surface area contributed by atoms with Crippen LogP contribution in [0.15, 0.2) is 48.6 Å². The lowest BCUT2D eigenvalue weighted by Crippen LogP contribution is -2.60. The molecule has 0 bridgehead atoms. The number of unbranched alkanes of at least 4 members (excludes halogenated alkanes) is 56. The van der Waals surface area contributed by atoms with Crippen LogP contribution in [0.1, 0.15) is 425 Å². The van der Waals surface area contributed by atoms with Crippen molar-refractivity contribution in [3.8, 4) is 0 Å². The molecule has 1 rings (SSSR count). The molecule has 0 radical (unpaired) electrons. The second-order valence-electron chi connectivity index (χ2n) is 29.5. The van der Waals surface area contributed by atoms with Crippen molar-refractivity contribution in [2.24, 2.45) is 0 Å². The van der Waals surface area contributed by atoms with Gasteiger partial charge in [-0.15, -0.1) is 0 Å². The van der Waals surface area contributed by atoms with E-state index in [0.717, 1.165) is 64.2 Å². The van der Waals surface area contributed by atoms with Gasteiger partial charge in [0.2, 0.25) is 5.91 Å². The third-order valence-corrected chi connectivity index (χ3v) is 20.2. The van der Waals surface area contributed by atoms with E-state index in [9.17, 15) is 35.1 Å². The number of hydrogen-bond donors (Lipinski definition) is 6. The zero-order chi connectivity index (χ0) is 70.1. The van der Waals surface area contributed by atoms with Crippen LogP contribution in [-0.4, -0.2) is 100 Å². The van der Waals surface area contributed by atoms with Crippen molar-refractivity contribution in [2.75, 3.05) is 19.8 Å². The third kappa shape index (κ3) is 63.1. The molecule has 7 unspecified atom stereocenters. The molecule has 0 saturated carbocycles. The quantitative estimate of drug-likeness (QED) is 0.0195. The maximum absolute atomic E-state index is 13.1. The largest absolute Gasteiger partial charge is 0.466 e. The van der Waals surface area contributed by atoms with Gasteiger partial charge in [-0.2, -0.15) is 0 Å². The molecule has 7 atom stereocenters. The van der Waals surface area contributed by atoms with E-state index in [-0.39, 0.29) is 18.5 Å². The Morgan fingerprint density at radius 3 is 1.05 bits per heavy atom. The summed E-state index contributed by atoms with van der Waals surface area (Å²) in [4.78, 5) is 25.2. The zero-order valence-corrected chi connectivity index (χ0v) is 63.8. The number of carbonyl (C=O) groups excluding carboxylic acids is 2. The van der Waals surface area contributed by atoms with E-state index in [4.69, 9.17) is 14.2 Å². The molecule has 1 amide bonds. The minimum atomic E-state index is -1.57. The fraction of sp³-hybridized carbons (Fsp3) is 0.884. The number of aliphatic hydroxyl groups excluding tert-OH is 5. The molecule has 11 heteroatoms. The summed E-state index contributed by atoms with van der Waals surface area (Å²) < 4.78 is 16.8. The Hall–Kier alpha value is -2.38. The molecule has 1 aliphatic heterocycles. The van der Waals surface area contributed by atoms with Crippen molar-refractivity contribution in [1.29, 1.82) is 0 Å². The molecule has 570 valence electrons. The zero-order valence-electron chi connectivity index (χ0n) is 63.8. The van der Waals surface area contributed by atoms with Gasteiger partial charge in [-0.25, -0.2) is 0 Å². The number of esters is 1. The summed E-state index contributed by atoms with van der Waals surface area (Å²) in [5.41, 5.74) is 0. The fourth-order valence-corrected chi connectivity index (χ4v) is 13.5. The highest BCUT2D eigenvalue weighted by molar-refractivity contribution is 5.76. The number of aliphatic hydroxyl groups is 5. The van der Waals surface area contributed by atoms with Crippen LogP contribution in [0.2, 0.25) is 0 Å². The van der Waals surface area contributed by atoms with Gasteiger partial charge in [0.05, 0.1) is 32.0 Å². The van der Waals surface area contributed by atoms with Gasteiger partial charge in [-0.1, -0.05) is 371 Å². The molecular weight excluding hydrogens is 1210 g/mol. The Balaban J connectivity index is 1.90. The first-order chi connectivity index (χ1) is 47.7. The van der Waals surface area contributed by atoms with Crippen molar-refractivity contribution in [2.45, 2.75) is 468 Å². The van der Waals surface area contributed by atoms with Crippen molar-refractivity contribution in [1.82, 2.24) is 5.32 Å². The van der Waals surface area contributed by atoms with Crippen molar-refractivity contribution in [3.05, 3.63) is 48.6 Å². The number of nitrogens with one attached hydrogen (secondary N) is 1. The molecule has 11 nitrogen and oxygen atoms in total. The van der Waals surface area contributed by atoms with E-state index in [0.29, 0.717) is 19.4 Å². The monoisotopic (exact) mass is 1370 g/mol. The number of ether oxygens (including phenoxy) is 3. The van der Waals surface area contributed by atoms with Gasteiger partial charge >= 0.3 is 5.97 Å². The van der Waals surface area contributed by atoms with E-state index in [1.807, 2.05) is 6.08 Å². The van der Waals surface area contributed by atoms with Crippen LogP contribution in [-0.2, 0) is 23.8 Å². The maximum atomic E-state index is 13.1. The first kappa shape index (κ1) is 92.6. The summed E-state index contributed by atoms with van der Waals surface area (Å²) in [6.07, 6.45) is 90.1. The van der Waals surface area contributed by atoms with Crippen molar-refractivity contribution >= 4 is 11.9 Å². The van der Waals surface area contributed by atoms with E-state index >= 15 is 0 Å². The lowest BCUT2D eigenvalue weighted by atomic mass is 9.99. The predicted molar refractivity (Wildman–Crippen MR) is 412 cm³/mol. The van der Waals surface area contributed by atoms with E-state index < -0.39 is 49.5 Å². The number of rotatable bonds is 76. The topological polar surface area (TPSA) is 175 Å². The molecule has 0 spiro atoms. The molecule has 6 N–H and O–H groups in total. The summed E-state index contributed by atoms with van der Waals surface area (Å²) in [7, 11) is 0. The average molecular weight is 1370 g/mol. The minimum Gasteiger partial charge on any atom is -0.466 e. The summed E-state index contributed by atoms with van der Waals surface area (Å²) in [5, 5.41) is 54.6. The van der Waals surface area contributed by atoms with Crippen LogP contribution in [0.25, 0.3) is 0 Å². The Morgan fingerprint density at radius 2 is 0.691 bits per heavy atom. The third-order valence-electron chi connectivity index (χ3n) is 20.2. The Bertz CT molecular complexity index is 1750. The summed E-state index contributed by atoms with van der Waals surface area (Å²) in [6.45, 7) is 4.40. The highest BCUT2D eigenvalue weighted by atomic mass is 16.7. The van der Waals surface area contributed by atoms with Gasteiger partial charge in [0.1, 0.15) is 24.4 Å². The first-order valence-corrected chi connectivity index (χ1v) is 42.4. The maximum Gasteiger partial charge on any atom is 0.305 e. The number of amides is 1. The molecule has 1 saturated heterocycles. The van der Waals surface area contributed by atoms with Crippen molar-refractivity contribution in [3.63, 3.8) is 0 Å². The van der Waals surface area contributed by atoms with Crippen LogP contribution >= 0.6 is 0 Å². The molecule has 0 aromatic carbocycles. The highest BCUT2D eigenvalue weighted by Crippen LogP contribution is 2.24. The predicted octanol–water partition coefficient (Wildman–Crippen LogP) is 23.4. The molecule has 0 aliphatic carbocycles. The molecule has 0 aromatic rings. The molecule has 1 fully saturated rings. The van der Waals surface area contributed by atoms with Crippen LogP contribution < -0.4 is 5.32 Å². The van der Waals surface area contributed by atoms with E-state index in [1.165, 1.54) is 334 Å². The molecular formula is C86H161NO10. The lowest BCUT2D eigenvalue weighted by Gasteiger charge is -2.40. The van der Waals surface area contributed by atoms with Gasteiger partial charge < -0.3 is 45.1 Å². The molecule has 1 heterocycles. The highest BCUT2D eigenvalue weighted by Gasteiger charge is 2.44.